The van der Waals surface area contributed by atoms with Crippen molar-refractivity contribution in [2.24, 2.45) is 0 Å². The molecule has 0 spiro atoms. The largest absolute Gasteiger partial charge is 0.486 e. The summed E-state index contributed by atoms with van der Waals surface area (Å²) in [4.78, 5) is 8.55. The van der Waals surface area contributed by atoms with Crippen LogP contribution in [-0.4, -0.2) is 45.6 Å². The van der Waals surface area contributed by atoms with Gasteiger partial charge in [-0.05, 0) is 30.1 Å². The molecule has 30 heavy (non-hydrogen) atoms. The topological polar surface area (TPSA) is 85.4 Å². The number of hydrogen-bond acceptors (Lipinski definition) is 6. The minimum atomic E-state index is -2.47. The first-order valence-electron chi connectivity index (χ1n) is 9.14. The number of anilines is 3. The van der Waals surface area contributed by atoms with Crippen LogP contribution in [0, 0.1) is 5.82 Å². The summed E-state index contributed by atoms with van der Waals surface area (Å²) in [5, 5.41) is 4.09. The van der Waals surface area contributed by atoms with Gasteiger partial charge < -0.3 is 19.5 Å². The third-order valence-corrected chi connectivity index (χ3v) is 5.37. The highest BCUT2D eigenvalue weighted by atomic mass is 35.5. The van der Waals surface area contributed by atoms with Gasteiger partial charge >= 0.3 is 0 Å². The van der Waals surface area contributed by atoms with E-state index in [0.717, 1.165) is 6.42 Å². The maximum absolute atomic E-state index is 13.8. The summed E-state index contributed by atoms with van der Waals surface area (Å²) >= 11 is 6.48. The van der Waals surface area contributed by atoms with Crippen LogP contribution in [-0.2, 0) is 14.4 Å². The normalized spacial score (nSPS) is 18.2. The molecule has 1 saturated heterocycles. The van der Waals surface area contributed by atoms with E-state index in [1.807, 2.05) is 0 Å². The third-order valence-electron chi connectivity index (χ3n) is 4.40. The van der Waals surface area contributed by atoms with Crippen LogP contribution < -0.4 is 14.8 Å². The number of hydrogen-bond donors (Lipinski definition) is 2. The van der Waals surface area contributed by atoms with Gasteiger partial charge in [-0.15, -0.1) is 0 Å². The number of halogens is 2. The Morgan fingerprint density at radius 1 is 1.33 bits per heavy atom. The molecule has 0 saturated carbocycles. The zero-order valence-electron chi connectivity index (χ0n) is 16.2. The molecule has 2 atom stereocenters. The Bertz CT molecular complexity index is 1200. The summed E-state index contributed by atoms with van der Waals surface area (Å²) in [5.74, 6) is 3.96. The van der Waals surface area contributed by atoms with Crippen LogP contribution >= 0.6 is 11.6 Å². The lowest BCUT2D eigenvalue weighted by molar-refractivity contribution is 0.141. The molecular weight excluding hydrogens is 431 g/mol. The molecule has 1 aliphatic heterocycles. The minimum Gasteiger partial charge on any atom is -0.486 e. The lowest BCUT2D eigenvalue weighted by Crippen LogP contribution is -2.16. The predicted octanol–water partition coefficient (Wildman–Crippen LogP) is 4.01. The molecule has 4 rings (SSSR count). The SMILES string of the molecule is C=S(C)(=O)Nc1cc(Cl)c2c(Nc3ccc(F)cc3OC3CCOC3)ncnc2c1. The van der Waals surface area contributed by atoms with E-state index in [2.05, 4.69) is 25.9 Å². The van der Waals surface area contributed by atoms with Crippen molar-refractivity contribution in [3.8, 4) is 5.75 Å². The number of nitrogens with zero attached hydrogens (tertiary/aromatic N) is 2. The first-order chi connectivity index (χ1) is 14.3. The van der Waals surface area contributed by atoms with Crippen LogP contribution in [0.1, 0.15) is 6.42 Å². The molecular formula is C20H20ClFN4O3S. The number of ether oxygens (including phenoxy) is 2. The maximum Gasteiger partial charge on any atom is 0.146 e. The van der Waals surface area contributed by atoms with Crippen LogP contribution in [0.15, 0.2) is 36.7 Å². The molecule has 3 aromatic rings. The van der Waals surface area contributed by atoms with Crippen molar-refractivity contribution in [1.82, 2.24) is 9.97 Å². The van der Waals surface area contributed by atoms with E-state index < -0.39 is 15.5 Å². The Morgan fingerprint density at radius 2 is 2.17 bits per heavy atom. The number of aromatic nitrogens is 2. The second-order valence-corrected chi connectivity index (χ2v) is 9.67. The molecule has 158 valence electrons. The Kier molecular flexibility index (Phi) is 5.68. The molecule has 1 aliphatic rings. The second-order valence-electron chi connectivity index (χ2n) is 7.05. The maximum atomic E-state index is 13.8. The van der Waals surface area contributed by atoms with Crippen molar-refractivity contribution in [3.63, 3.8) is 0 Å². The van der Waals surface area contributed by atoms with Gasteiger partial charge in [0.1, 0.15) is 29.8 Å². The molecule has 0 radical (unpaired) electrons. The Hall–Kier alpha value is -2.62. The smallest absolute Gasteiger partial charge is 0.146 e. The molecule has 0 amide bonds. The fourth-order valence-electron chi connectivity index (χ4n) is 3.15. The highest BCUT2D eigenvalue weighted by molar-refractivity contribution is 8.00. The summed E-state index contributed by atoms with van der Waals surface area (Å²) in [5.41, 5.74) is 1.61. The van der Waals surface area contributed by atoms with Crippen LogP contribution in [0.2, 0.25) is 5.02 Å². The van der Waals surface area contributed by atoms with Crippen molar-refractivity contribution in [2.75, 3.05) is 29.5 Å². The monoisotopic (exact) mass is 450 g/mol. The second kappa shape index (κ2) is 8.25. The van der Waals surface area contributed by atoms with Crippen LogP contribution in [0.25, 0.3) is 10.9 Å². The molecule has 2 aromatic carbocycles. The van der Waals surface area contributed by atoms with Crippen LogP contribution in [0.4, 0.5) is 21.6 Å². The van der Waals surface area contributed by atoms with E-state index in [1.54, 1.807) is 18.2 Å². The van der Waals surface area contributed by atoms with Crippen molar-refractivity contribution < 1.29 is 18.1 Å². The zero-order chi connectivity index (χ0) is 21.3. The minimum absolute atomic E-state index is 0.140. The van der Waals surface area contributed by atoms with E-state index in [0.29, 0.717) is 52.1 Å². The van der Waals surface area contributed by atoms with Gasteiger partial charge in [0.05, 0.1) is 34.8 Å². The Balaban J connectivity index is 1.70. The van der Waals surface area contributed by atoms with Crippen molar-refractivity contribution in [1.29, 1.82) is 0 Å². The molecule has 0 bridgehead atoms. The first-order valence-corrected chi connectivity index (χ1v) is 11.6. The van der Waals surface area contributed by atoms with Crippen molar-refractivity contribution in [2.45, 2.75) is 12.5 Å². The van der Waals surface area contributed by atoms with Gasteiger partial charge in [0, 0.05) is 34.1 Å². The van der Waals surface area contributed by atoms with Gasteiger partial charge in [0.15, 0.2) is 0 Å². The molecule has 2 N–H and O–H groups in total. The average Bonchev–Trinajstić information content (AvgIpc) is 3.15. The molecule has 2 unspecified atom stereocenters. The van der Waals surface area contributed by atoms with E-state index >= 15 is 0 Å². The molecule has 1 aromatic heterocycles. The van der Waals surface area contributed by atoms with E-state index in [-0.39, 0.29) is 6.10 Å². The van der Waals surface area contributed by atoms with Gasteiger partial charge in [-0.25, -0.2) is 18.6 Å². The summed E-state index contributed by atoms with van der Waals surface area (Å²) < 4.78 is 39.9. The molecule has 2 heterocycles. The zero-order valence-corrected chi connectivity index (χ0v) is 17.7. The van der Waals surface area contributed by atoms with Crippen LogP contribution in [0.3, 0.4) is 0 Å². The highest BCUT2D eigenvalue weighted by Gasteiger charge is 2.20. The Morgan fingerprint density at radius 3 is 2.90 bits per heavy atom. The molecule has 1 fully saturated rings. The number of nitrogens with one attached hydrogen (secondary N) is 2. The number of rotatable bonds is 6. The number of benzene rings is 2. The van der Waals surface area contributed by atoms with Crippen LogP contribution in [0.5, 0.6) is 5.75 Å². The van der Waals surface area contributed by atoms with E-state index in [9.17, 15) is 8.60 Å². The lowest BCUT2D eigenvalue weighted by Gasteiger charge is -2.17. The fraction of sp³-hybridized carbons (Fsp3) is 0.250. The molecule has 10 heteroatoms. The van der Waals surface area contributed by atoms with Crippen molar-refractivity contribution in [3.05, 3.63) is 47.5 Å². The average molecular weight is 451 g/mol. The quantitative estimate of drug-likeness (QED) is 0.552. The van der Waals surface area contributed by atoms with Gasteiger partial charge in [-0.3, -0.25) is 0 Å². The number of fused-ring (bicyclic) bond motifs is 1. The fourth-order valence-corrected chi connectivity index (χ4v) is 4.07. The predicted molar refractivity (Wildman–Crippen MR) is 119 cm³/mol. The summed E-state index contributed by atoms with van der Waals surface area (Å²) in [6, 6.07) is 7.57. The summed E-state index contributed by atoms with van der Waals surface area (Å²) in [6.45, 7) is 1.07. The Labute approximate surface area is 178 Å². The highest BCUT2D eigenvalue weighted by Crippen LogP contribution is 2.35. The summed E-state index contributed by atoms with van der Waals surface area (Å²) in [6.07, 6.45) is 3.47. The first kappa shape index (κ1) is 20.6. The van der Waals surface area contributed by atoms with Crippen molar-refractivity contribution >= 4 is 55.3 Å². The van der Waals surface area contributed by atoms with E-state index in [4.69, 9.17) is 21.1 Å². The van der Waals surface area contributed by atoms with Gasteiger partial charge in [-0.2, -0.15) is 0 Å². The molecule has 0 aliphatic carbocycles. The van der Waals surface area contributed by atoms with Gasteiger partial charge in [0.2, 0.25) is 0 Å². The van der Waals surface area contributed by atoms with Gasteiger partial charge in [-0.1, -0.05) is 11.6 Å². The van der Waals surface area contributed by atoms with Gasteiger partial charge in [0.25, 0.3) is 0 Å². The lowest BCUT2D eigenvalue weighted by atomic mass is 10.2. The van der Waals surface area contributed by atoms with E-state index in [1.165, 1.54) is 24.7 Å². The molecule has 7 nitrogen and oxygen atoms in total. The third kappa shape index (κ3) is 4.75. The standard InChI is InChI=1S/C20H20ClFN4O3S/c1-30(2,27)26-13-8-15(21)19-17(9-13)23-11-24-20(19)25-16-4-3-12(22)7-18(16)29-14-5-6-28-10-14/h3-4,7-9,11,14H,1,5-6,10H2,2H3,(H,26,27)(H,23,24,25). The summed E-state index contributed by atoms with van der Waals surface area (Å²) in [7, 11) is -2.47.